The second-order valence-corrected chi connectivity index (χ2v) is 12.8. The van der Waals surface area contributed by atoms with E-state index in [2.05, 4.69) is 28.1 Å². The van der Waals surface area contributed by atoms with E-state index in [1.807, 2.05) is 66.7 Å². The number of non-ortho nitro benzene ring substituents is 1. The third kappa shape index (κ3) is 5.21. The molecule has 5 aromatic rings. The fourth-order valence-corrected chi connectivity index (χ4v) is 7.48. The maximum absolute atomic E-state index is 14.1. The highest BCUT2D eigenvalue weighted by Crippen LogP contribution is 2.41. The molecule has 2 heterocycles. The molecule has 1 aliphatic heterocycles. The molecule has 7 rings (SSSR count). The number of benzene rings is 4. The van der Waals surface area contributed by atoms with E-state index in [1.165, 1.54) is 23.0 Å². The molecule has 0 saturated heterocycles. The second-order valence-electron chi connectivity index (χ2n) is 10.5. The number of halogens is 2. The van der Waals surface area contributed by atoms with E-state index in [4.69, 9.17) is 21.3 Å². The average molecular weight is 685 g/mol. The van der Waals surface area contributed by atoms with Crippen LogP contribution in [0.3, 0.4) is 0 Å². The minimum atomic E-state index is -0.496. The molecule has 1 aliphatic carbocycles. The number of ether oxygens (including phenoxy) is 1. The van der Waals surface area contributed by atoms with Crippen molar-refractivity contribution < 1.29 is 9.66 Å². The Morgan fingerprint density at radius 2 is 1.86 bits per heavy atom. The van der Waals surface area contributed by atoms with Crippen molar-refractivity contribution in [2.45, 2.75) is 25.5 Å². The molecule has 0 bridgehead atoms. The number of rotatable bonds is 6. The number of fused-ring (bicyclic) bond motifs is 3. The molecule has 218 valence electrons. The molecule has 0 saturated carbocycles. The van der Waals surface area contributed by atoms with Crippen molar-refractivity contribution in [2.24, 2.45) is 4.99 Å². The van der Waals surface area contributed by atoms with Crippen LogP contribution in [0.1, 0.15) is 40.3 Å². The molecule has 0 unspecified atom stereocenters. The highest BCUT2D eigenvalue weighted by Gasteiger charge is 2.33. The number of nitro benzene ring substituents is 1. The van der Waals surface area contributed by atoms with E-state index >= 15 is 0 Å². The minimum absolute atomic E-state index is 0.0123. The molecule has 44 heavy (non-hydrogen) atoms. The number of hydrogen-bond acceptors (Lipinski definition) is 6. The number of nitrogens with zero attached hydrogens (tertiary/aromatic N) is 3. The Labute approximate surface area is 269 Å². The molecule has 2 aliphatic rings. The van der Waals surface area contributed by atoms with Crippen LogP contribution in [0.4, 0.5) is 5.69 Å². The summed E-state index contributed by atoms with van der Waals surface area (Å²) in [6.45, 7) is 0.321. The first kappa shape index (κ1) is 28.5. The quantitative estimate of drug-likeness (QED) is 0.140. The van der Waals surface area contributed by atoms with Crippen LogP contribution in [0.15, 0.2) is 111 Å². The van der Waals surface area contributed by atoms with Crippen LogP contribution < -0.4 is 19.6 Å². The van der Waals surface area contributed by atoms with Gasteiger partial charge in [0.25, 0.3) is 11.2 Å². The first-order valence-corrected chi connectivity index (χ1v) is 15.9. The number of aryl methyl sites for hydroxylation is 1. The third-order valence-corrected chi connectivity index (χ3v) is 9.84. The Hall–Kier alpha value is -4.31. The Balaban J connectivity index is 1.31. The van der Waals surface area contributed by atoms with Crippen molar-refractivity contribution in [2.75, 3.05) is 0 Å². The number of thiazole rings is 1. The molecule has 0 amide bonds. The van der Waals surface area contributed by atoms with E-state index in [0.29, 0.717) is 38.7 Å². The number of aromatic nitrogens is 1. The normalized spacial score (nSPS) is 15.7. The number of nitro groups is 1. The smallest absolute Gasteiger partial charge is 0.271 e. The minimum Gasteiger partial charge on any atom is -0.488 e. The lowest BCUT2D eigenvalue weighted by Crippen LogP contribution is -2.38. The lowest BCUT2D eigenvalue weighted by molar-refractivity contribution is -0.384. The van der Waals surface area contributed by atoms with Gasteiger partial charge >= 0.3 is 0 Å². The molecule has 7 nitrogen and oxygen atoms in total. The van der Waals surface area contributed by atoms with E-state index in [0.717, 1.165) is 38.9 Å². The molecule has 0 fully saturated rings. The van der Waals surface area contributed by atoms with Crippen molar-refractivity contribution in [3.05, 3.63) is 164 Å². The summed E-state index contributed by atoms with van der Waals surface area (Å²) in [4.78, 5) is 30.9. The zero-order valence-corrected chi connectivity index (χ0v) is 26.2. The van der Waals surface area contributed by atoms with Gasteiger partial charge in [0.1, 0.15) is 12.4 Å². The fraction of sp³-hybridized carbons (Fsp3) is 0.118. The summed E-state index contributed by atoms with van der Waals surface area (Å²) in [6.07, 6.45) is 3.35. The molecule has 0 radical (unpaired) electrons. The fourth-order valence-electron chi connectivity index (χ4n) is 5.78. The molecule has 1 atom stereocenters. The zero-order valence-electron chi connectivity index (χ0n) is 23.1. The SMILES string of the molecule is O=c1/c(=C\c2ccc(OCc3ccccc3Cl)c(Br)c2)sc2n1[C@H](c1cccc([N+](=O)[O-])c1)C1=C(N=2)c2ccccc2CC1. The van der Waals surface area contributed by atoms with Gasteiger partial charge in [-0.1, -0.05) is 83.6 Å². The van der Waals surface area contributed by atoms with Gasteiger partial charge in [0, 0.05) is 28.3 Å². The van der Waals surface area contributed by atoms with Gasteiger partial charge in [-0.15, -0.1) is 0 Å². The van der Waals surface area contributed by atoms with Crippen LogP contribution in [-0.2, 0) is 13.0 Å². The predicted octanol–water partition coefficient (Wildman–Crippen LogP) is 7.22. The van der Waals surface area contributed by atoms with Crippen molar-refractivity contribution in [1.82, 2.24) is 4.57 Å². The summed E-state index contributed by atoms with van der Waals surface area (Å²) < 4.78 is 8.95. The first-order valence-electron chi connectivity index (χ1n) is 13.9. The lowest BCUT2D eigenvalue weighted by atomic mass is 9.83. The molecular formula is C34H23BrClN3O4S. The van der Waals surface area contributed by atoms with Crippen molar-refractivity contribution in [1.29, 1.82) is 0 Å². The molecule has 0 N–H and O–H groups in total. The van der Waals surface area contributed by atoms with Crippen LogP contribution in [0, 0.1) is 10.1 Å². The summed E-state index contributed by atoms with van der Waals surface area (Å²) >= 11 is 11.2. The van der Waals surface area contributed by atoms with Gasteiger partial charge in [0.2, 0.25) is 0 Å². The van der Waals surface area contributed by atoms with Gasteiger partial charge in [-0.05, 0) is 75.3 Å². The Bertz CT molecular complexity index is 2190. The Morgan fingerprint density at radius 1 is 1.05 bits per heavy atom. The second kappa shape index (κ2) is 11.6. The van der Waals surface area contributed by atoms with Crippen LogP contribution >= 0.6 is 38.9 Å². The number of hydrogen-bond donors (Lipinski definition) is 0. The van der Waals surface area contributed by atoms with Gasteiger partial charge in [-0.25, -0.2) is 4.99 Å². The highest BCUT2D eigenvalue weighted by atomic mass is 79.9. The van der Waals surface area contributed by atoms with Crippen molar-refractivity contribution >= 4 is 56.3 Å². The van der Waals surface area contributed by atoms with E-state index in [-0.39, 0.29) is 11.2 Å². The number of allylic oxidation sites excluding steroid dienone is 1. The highest BCUT2D eigenvalue weighted by molar-refractivity contribution is 9.10. The monoisotopic (exact) mass is 683 g/mol. The topological polar surface area (TPSA) is 86.7 Å². The zero-order chi connectivity index (χ0) is 30.4. The van der Waals surface area contributed by atoms with Gasteiger partial charge in [-0.3, -0.25) is 19.5 Å². The van der Waals surface area contributed by atoms with E-state index in [9.17, 15) is 14.9 Å². The average Bonchev–Trinajstić information content (AvgIpc) is 3.34. The molecule has 1 aromatic heterocycles. The van der Waals surface area contributed by atoms with Gasteiger partial charge < -0.3 is 4.74 Å². The van der Waals surface area contributed by atoms with Crippen LogP contribution in [0.2, 0.25) is 5.02 Å². The summed E-state index contributed by atoms with van der Waals surface area (Å²) in [5.74, 6) is 0.653. The summed E-state index contributed by atoms with van der Waals surface area (Å²) in [5, 5.41) is 12.3. The van der Waals surface area contributed by atoms with Crippen LogP contribution in [0.5, 0.6) is 5.75 Å². The summed E-state index contributed by atoms with van der Waals surface area (Å²) in [5.41, 5.74) is 6.27. The lowest BCUT2D eigenvalue weighted by Gasteiger charge is -2.30. The van der Waals surface area contributed by atoms with Crippen LogP contribution in [0.25, 0.3) is 11.8 Å². The Kier molecular flexibility index (Phi) is 7.53. The summed E-state index contributed by atoms with van der Waals surface area (Å²) in [7, 11) is 0. The molecule has 10 heteroatoms. The summed E-state index contributed by atoms with van der Waals surface area (Å²) in [6, 6.07) is 27.4. The third-order valence-electron chi connectivity index (χ3n) is 7.86. The van der Waals surface area contributed by atoms with Gasteiger partial charge in [-0.2, -0.15) is 0 Å². The maximum atomic E-state index is 14.1. The molecular weight excluding hydrogens is 662 g/mol. The maximum Gasteiger partial charge on any atom is 0.271 e. The largest absolute Gasteiger partial charge is 0.488 e. The van der Waals surface area contributed by atoms with Crippen molar-refractivity contribution in [3.63, 3.8) is 0 Å². The van der Waals surface area contributed by atoms with E-state index < -0.39 is 11.0 Å². The predicted molar refractivity (Wildman–Crippen MR) is 176 cm³/mol. The van der Waals surface area contributed by atoms with Gasteiger partial charge in [0.05, 0.1) is 25.7 Å². The first-order chi connectivity index (χ1) is 21.4. The van der Waals surface area contributed by atoms with Crippen LogP contribution in [-0.4, -0.2) is 9.49 Å². The molecule has 4 aromatic carbocycles. The van der Waals surface area contributed by atoms with Crippen molar-refractivity contribution in [3.8, 4) is 5.75 Å². The Morgan fingerprint density at radius 3 is 2.68 bits per heavy atom. The standard InChI is InChI=1S/C34H23BrClN3O4S/c35-27-16-20(12-15-29(27)43-19-23-7-2-4-11-28(23)36)17-30-33(40)38-32(22-8-5-9-24(18-22)39(41)42)26-14-13-21-6-1-3-10-25(21)31(26)37-34(38)44-30/h1-12,15-18,32H,13-14,19H2/b30-17+/t32-/m1/s1. The molecule has 0 spiro atoms. The van der Waals surface area contributed by atoms with Gasteiger partial charge in [0.15, 0.2) is 4.80 Å². The van der Waals surface area contributed by atoms with E-state index in [1.54, 1.807) is 16.7 Å².